The predicted octanol–water partition coefficient (Wildman–Crippen LogP) is 0.931. The van der Waals surface area contributed by atoms with Crippen LogP contribution in [-0.2, 0) is 11.2 Å². The van der Waals surface area contributed by atoms with E-state index in [1.165, 1.54) is 13.8 Å². The van der Waals surface area contributed by atoms with Crippen LogP contribution in [-0.4, -0.2) is 28.3 Å². The summed E-state index contributed by atoms with van der Waals surface area (Å²) in [6.07, 6.45) is 0.597. The van der Waals surface area contributed by atoms with E-state index < -0.39 is 11.5 Å². The monoisotopic (exact) mass is 223 g/mol. The second kappa shape index (κ2) is 5.09. The largest absolute Gasteiger partial charge is 0.396 e. The van der Waals surface area contributed by atoms with Crippen molar-refractivity contribution in [2.24, 2.45) is 0 Å². The van der Waals surface area contributed by atoms with Crippen LogP contribution in [0.15, 0.2) is 24.3 Å². The van der Waals surface area contributed by atoms with Crippen molar-refractivity contribution in [3.8, 4) is 0 Å². The first kappa shape index (κ1) is 12.7. The van der Waals surface area contributed by atoms with Gasteiger partial charge in [0.2, 0.25) is 0 Å². The minimum atomic E-state index is -1.39. The van der Waals surface area contributed by atoms with Gasteiger partial charge >= 0.3 is 0 Å². The number of nitrogens with one attached hydrogen (secondary N) is 1. The first-order valence-corrected chi connectivity index (χ1v) is 5.17. The summed E-state index contributed by atoms with van der Waals surface area (Å²) in [6.45, 7) is 2.97. The first-order chi connectivity index (χ1) is 7.43. The molecule has 1 aromatic carbocycles. The van der Waals surface area contributed by atoms with E-state index in [0.29, 0.717) is 12.1 Å². The standard InChI is InChI=1S/C12H17NO3/c1-12(2,16)11(15)13-10-5-3-9(4-6-10)7-8-14/h3-6,14,16H,7-8H2,1-2H3,(H,13,15). The molecule has 0 spiro atoms. The Morgan fingerprint density at radius 1 is 1.31 bits per heavy atom. The topological polar surface area (TPSA) is 69.6 Å². The van der Waals surface area contributed by atoms with Gasteiger partial charge in [-0.2, -0.15) is 0 Å². The molecule has 1 rings (SSSR count). The Balaban J connectivity index is 2.65. The fourth-order valence-corrected chi connectivity index (χ4v) is 1.17. The lowest BCUT2D eigenvalue weighted by atomic mass is 10.1. The number of hydrogen-bond acceptors (Lipinski definition) is 3. The zero-order valence-electron chi connectivity index (χ0n) is 9.53. The first-order valence-electron chi connectivity index (χ1n) is 5.17. The van der Waals surface area contributed by atoms with Gasteiger partial charge in [-0.05, 0) is 38.0 Å². The lowest BCUT2D eigenvalue weighted by molar-refractivity contribution is -0.130. The summed E-state index contributed by atoms with van der Waals surface area (Å²) in [5.41, 5.74) is 0.251. The van der Waals surface area contributed by atoms with E-state index in [2.05, 4.69) is 5.32 Å². The van der Waals surface area contributed by atoms with E-state index in [0.717, 1.165) is 5.56 Å². The molecule has 0 aromatic heterocycles. The summed E-state index contributed by atoms with van der Waals surface area (Å²) in [6, 6.07) is 7.15. The molecule has 0 fully saturated rings. The smallest absolute Gasteiger partial charge is 0.255 e. The molecule has 0 unspecified atom stereocenters. The Labute approximate surface area is 94.9 Å². The molecule has 1 amide bonds. The summed E-state index contributed by atoms with van der Waals surface area (Å²) in [7, 11) is 0. The van der Waals surface area contributed by atoms with Gasteiger partial charge in [0.05, 0.1) is 0 Å². The van der Waals surface area contributed by atoms with Gasteiger partial charge in [0.25, 0.3) is 5.91 Å². The number of carbonyl (C=O) groups excluding carboxylic acids is 1. The van der Waals surface area contributed by atoms with Gasteiger partial charge in [-0.1, -0.05) is 12.1 Å². The van der Waals surface area contributed by atoms with E-state index >= 15 is 0 Å². The second-order valence-electron chi connectivity index (χ2n) is 4.18. The second-order valence-corrected chi connectivity index (χ2v) is 4.18. The molecule has 4 heteroatoms. The number of amides is 1. The Bertz CT molecular complexity index is 352. The number of aliphatic hydroxyl groups is 2. The van der Waals surface area contributed by atoms with E-state index in [-0.39, 0.29) is 6.61 Å². The molecule has 16 heavy (non-hydrogen) atoms. The highest BCUT2D eigenvalue weighted by Gasteiger charge is 2.23. The average Bonchev–Trinajstić information content (AvgIpc) is 2.20. The molecule has 0 radical (unpaired) electrons. The van der Waals surface area contributed by atoms with Crippen LogP contribution >= 0.6 is 0 Å². The summed E-state index contributed by atoms with van der Waals surface area (Å²) in [5, 5.41) is 20.8. The van der Waals surface area contributed by atoms with Gasteiger partial charge in [-0.15, -0.1) is 0 Å². The predicted molar refractivity (Wildman–Crippen MR) is 62.2 cm³/mol. The van der Waals surface area contributed by atoms with Gasteiger partial charge in [-0.3, -0.25) is 4.79 Å². The van der Waals surface area contributed by atoms with Crippen molar-refractivity contribution >= 4 is 11.6 Å². The SMILES string of the molecule is CC(C)(O)C(=O)Nc1ccc(CCO)cc1. The third-order valence-corrected chi connectivity index (χ3v) is 2.17. The van der Waals surface area contributed by atoms with Crippen molar-refractivity contribution in [3.63, 3.8) is 0 Å². The average molecular weight is 223 g/mol. The van der Waals surface area contributed by atoms with Crippen molar-refractivity contribution in [1.82, 2.24) is 0 Å². The van der Waals surface area contributed by atoms with E-state index in [1.807, 2.05) is 12.1 Å². The maximum absolute atomic E-state index is 11.4. The molecule has 1 aromatic rings. The third-order valence-electron chi connectivity index (χ3n) is 2.17. The van der Waals surface area contributed by atoms with Crippen LogP contribution in [0.25, 0.3) is 0 Å². The molecular weight excluding hydrogens is 206 g/mol. The normalized spacial score (nSPS) is 11.2. The maximum Gasteiger partial charge on any atom is 0.255 e. The molecule has 4 nitrogen and oxygen atoms in total. The Hall–Kier alpha value is -1.39. The highest BCUT2D eigenvalue weighted by molar-refractivity contribution is 5.96. The third kappa shape index (κ3) is 3.64. The number of hydrogen-bond donors (Lipinski definition) is 3. The summed E-state index contributed by atoms with van der Waals surface area (Å²) in [4.78, 5) is 11.4. The van der Waals surface area contributed by atoms with Gasteiger partial charge in [-0.25, -0.2) is 0 Å². The van der Waals surface area contributed by atoms with E-state index in [1.54, 1.807) is 12.1 Å². The van der Waals surface area contributed by atoms with Gasteiger partial charge in [0, 0.05) is 12.3 Å². The quantitative estimate of drug-likeness (QED) is 0.711. The van der Waals surface area contributed by atoms with E-state index in [4.69, 9.17) is 5.11 Å². The molecule has 0 aliphatic heterocycles. The number of anilines is 1. The zero-order valence-corrected chi connectivity index (χ0v) is 9.53. The van der Waals surface area contributed by atoms with Gasteiger partial charge in [0.15, 0.2) is 0 Å². The zero-order chi connectivity index (χ0) is 12.2. The fraction of sp³-hybridized carbons (Fsp3) is 0.417. The summed E-state index contributed by atoms with van der Waals surface area (Å²) >= 11 is 0. The van der Waals surface area contributed by atoms with Crippen molar-refractivity contribution in [3.05, 3.63) is 29.8 Å². The Kier molecular flexibility index (Phi) is 4.04. The summed E-state index contributed by atoms with van der Waals surface area (Å²) < 4.78 is 0. The molecule has 0 saturated carbocycles. The van der Waals surface area contributed by atoms with Crippen molar-refractivity contribution in [2.75, 3.05) is 11.9 Å². The van der Waals surface area contributed by atoms with Crippen molar-refractivity contribution in [2.45, 2.75) is 25.9 Å². The molecule has 0 bridgehead atoms. The molecule has 0 saturated heterocycles. The highest BCUT2D eigenvalue weighted by atomic mass is 16.3. The lowest BCUT2D eigenvalue weighted by Crippen LogP contribution is -2.36. The van der Waals surface area contributed by atoms with Crippen molar-refractivity contribution in [1.29, 1.82) is 0 Å². The Morgan fingerprint density at radius 3 is 2.31 bits per heavy atom. The molecule has 88 valence electrons. The van der Waals surface area contributed by atoms with Crippen LogP contribution < -0.4 is 5.32 Å². The van der Waals surface area contributed by atoms with Gasteiger partial charge in [0.1, 0.15) is 5.60 Å². The fourth-order valence-electron chi connectivity index (χ4n) is 1.17. The minimum Gasteiger partial charge on any atom is -0.396 e. The molecule has 0 aliphatic carbocycles. The summed E-state index contributed by atoms with van der Waals surface area (Å²) in [5.74, 6) is -0.442. The van der Waals surface area contributed by atoms with Crippen LogP contribution in [0.5, 0.6) is 0 Å². The highest BCUT2D eigenvalue weighted by Crippen LogP contribution is 2.12. The Morgan fingerprint density at radius 2 is 1.88 bits per heavy atom. The molecule has 3 N–H and O–H groups in total. The van der Waals surface area contributed by atoms with Crippen LogP contribution in [0.3, 0.4) is 0 Å². The molecule has 0 atom stereocenters. The van der Waals surface area contributed by atoms with Gasteiger partial charge < -0.3 is 15.5 Å². The maximum atomic E-state index is 11.4. The van der Waals surface area contributed by atoms with Crippen LogP contribution in [0, 0.1) is 0 Å². The van der Waals surface area contributed by atoms with Crippen molar-refractivity contribution < 1.29 is 15.0 Å². The van der Waals surface area contributed by atoms with E-state index in [9.17, 15) is 9.90 Å². The number of carbonyl (C=O) groups is 1. The molecule has 0 aliphatic rings. The van der Waals surface area contributed by atoms with Crippen LogP contribution in [0.1, 0.15) is 19.4 Å². The molecule has 0 heterocycles. The number of benzene rings is 1. The van der Waals surface area contributed by atoms with Crippen LogP contribution in [0.2, 0.25) is 0 Å². The lowest BCUT2D eigenvalue weighted by Gasteiger charge is -2.16. The molecular formula is C12H17NO3. The van der Waals surface area contributed by atoms with Crippen LogP contribution in [0.4, 0.5) is 5.69 Å². The number of rotatable bonds is 4. The number of aliphatic hydroxyl groups excluding tert-OH is 1. The minimum absolute atomic E-state index is 0.107.